The average molecular weight is 435 g/mol. The third-order valence-corrected chi connectivity index (χ3v) is 7.63. The van der Waals surface area contributed by atoms with E-state index in [1.807, 2.05) is 60.7 Å². The van der Waals surface area contributed by atoms with Crippen LogP contribution in [0.2, 0.25) is 0 Å². The second kappa shape index (κ2) is 10.2. The quantitative estimate of drug-likeness (QED) is 0.300. The van der Waals surface area contributed by atoms with E-state index in [0.29, 0.717) is 12.8 Å². The molecule has 0 radical (unpaired) electrons. The van der Waals surface area contributed by atoms with Gasteiger partial charge in [-0.1, -0.05) is 72.8 Å². The van der Waals surface area contributed by atoms with Crippen LogP contribution in [-0.2, 0) is 0 Å². The van der Waals surface area contributed by atoms with Gasteiger partial charge in [0.25, 0.3) is 0 Å². The lowest BCUT2D eigenvalue weighted by atomic mass is 9.80. The predicted molar refractivity (Wildman–Crippen MR) is 126 cm³/mol. The molecule has 2 aromatic heterocycles. The van der Waals surface area contributed by atoms with E-state index in [1.165, 1.54) is 9.75 Å². The van der Waals surface area contributed by atoms with E-state index < -0.39 is 12.2 Å². The van der Waals surface area contributed by atoms with Crippen LogP contribution in [0, 0.1) is 0 Å². The molecule has 0 amide bonds. The van der Waals surface area contributed by atoms with Crippen LogP contribution in [0.5, 0.6) is 0 Å². The Labute approximate surface area is 186 Å². The fraction of sp³-hybridized carbons (Fsp3) is 0.231. The van der Waals surface area contributed by atoms with E-state index in [9.17, 15) is 10.2 Å². The van der Waals surface area contributed by atoms with Gasteiger partial charge in [0.15, 0.2) is 0 Å². The van der Waals surface area contributed by atoms with Gasteiger partial charge >= 0.3 is 0 Å². The Kier molecular flexibility index (Phi) is 7.13. The maximum Gasteiger partial charge on any atom is 0.0796 e. The summed E-state index contributed by atoms with van der Waals surface area (Å²) in [6.07, 6.45) is 0.146. The van der Waals surface area contributed by atoms with Crippen LogP contribution in [0.15, 0.2) is 95.7 Å². The minimum atomic E-state index is -0.547. The molecule has 2 nitrogen and oxygen atoms in total. The largest absolute Gasteiger partial charge is 0.388 e. The molecule has 0 spiro atoms. The standard InChI is InChI=1S/C26H26O2S2/c27-23(19-9-3-1-4-10-19)17-21(25-13-7-15-29-25)22(26-14-8-16-30-26)18-24(28)20-11-5-2-6-12-20/h1-16,21-24,27-28H,17-18H2. The molecule has 30 heavy (non-hydrogen) atoms. The smallest absolute Gasteiger partial charge is 0.0796 e. The van der Waals surface area contributed by atoms with Crippen molar-refractivity contribution in [2.24, 2.45) is 0 Å². The summed E-state index contributed by atoms with van der Waals surface area (Å²) in [5.74, 6) is 0.245. The molecule has 2 N–H and O–H groups in total. The van der Waals surface area contributed by atoms with Crippen LogP contribution >= 0.6 is 22.7 Å². The second-order valence-corrected chi connectivity index (χ2v) is 9.53. The summed E-state index contributed by atoms with van der Waals surface area (Å²) < 4.78 is 0. The third kappa shape index (κ3) is 5.08. The normalized spacial score (nSPS) is 15.4. The van der Waals surface area contributed by atoms with Crippen molar-refractivity contribution in [1.29, 1.82) is 0 Å². The molecular formula is C26H26O2S2. The molecule has 2 aromatic carbocycles. The summed E-state index contributed by atoms with van der Waals surface area (Å²) in [6.45, 7) is 0. The minimum absolute atomic E-state index is 0.122. The van der Waals surface area contributed by atoms with E-state index in [-0.39, 0.29) is 11.8 Å². The Bertz CT molecular complexity index is 898. The summed E-state index contributed by atoms with van der Waals surface area (Å²) in [7, 11) is 0. The SMILES string of the molecule is OC(CC(c1cccs1)C(CC(O)c1ccccc1)c1cccs1)c1ccccc1. The summed E-state index contributed by atoms with van der Waals surface area (Å²) in [4.78, 5) is 2.51. The molecule has 0 aliphatic rings. The Balaban J connectivity index is 1.65. The summed E-state index contributed by atoms with van der Waals surface area (Å²) in [5.41, 5.74) is 1.88. The van der Waals surface area contributed by atoms with Gasteiger partial charge in [-0.2, -0.15) is 0 Å². The van der Waals surface area contributed by atoms with Crippen molar-refractivity contribution in [3.8, 4) is 0 Å². The highest BCUT2D eigenvalue weighted by Gasteiger charge is 2.31. The molecule has 4 heteroatoms. The first-order valence-corrected chi connectivity index (χ1v) is 12.0. The maximum atomic E-state index is 11.0. The van der Waals surface area contributed by atoms with E-state index in [1.54, 1.807) is 22.7 Å². The maximum absolute atomic E-state index is 11.0. The van der Waals surface area contributed by atoms with Gasteiger partial charge in [-0.05, 0) is 46.9 Å². The van der Waals surface area contributed by atoms with Crippen molar-refractivity contribution >= 4 is 22.7 Å². The number of aliphatic hydroxyl groups is 2. The molecule has 0 saturated carbocycles. The summed E-state index contributed by atoms with van der Waals surface area (Å²) in [5, 5.41) is 26.3. The molecule has 2 heterocycles. The zero-order chi connectivity index (χ0) is 20.8. The highest BCUT2D eigenvalue weighted by molar-refractivity contribution is 7.10. The van der Waals surface area contributed by atoms with E-state index >= 15 is 0 Å². The molecule has 4 aromatic rings. The zero-order valence-corrected chi connectivity index (χ0v) is 18.3. The van der Waals surface area contributed by atoms with Gasteiger partial charge < -0.3 is 10.2 Å². The van der Waals surface area contributed by atoms with Gasteiger partial charge in [0.05, 0.1) is 12.2 Å². The van der Waals surface area contributed by atoms with Crippen molar-refractivity contribution < 1.29 is 10.2 Å². The van der Waals surface area contributed by atoms with Crippen LogP contribution in [0.4, 0.5) is 0 Å². The van der Waals surface area contributed by atoms with Gasteiger partial charge in [0.1, 0.15) is 0 Å². The van der Waals surface area contributed by atoms with Crippen molar-refractivity contribution in [1.82, 2.24) is 0 Å². The molecule has 4 rings (SSSR count). The van der Waals surface area contributed by atoms with Crippen molar-refractivity contribution in [3.63, 3.8) is 0 Å². The van der Waals surface area contributed by atoms with Gasteiger partial charge in [0.2, 0.25) is 0 Å². The number of thiophene rings is 2. The van der Waals surface area contributed by atoms with Crippen molar-refractivity contribution in [2.75, 3.05) is 0 Å². The molecule has 4 unspecified atom stereocenters. The fourth-order valence-corrected chi connectivity index (χ4v) is 5.88. The topological polar surface area (TPSA) is 40.5 Å². The molecule has 0 aliphatic heterocycles. The number of aliphatic hydroxyl groups excluding tert-OH is 2. The summed E-state index contributed by atoms with van der Waals surface area (Å²) in [6, 6.07) is 28.2. The Morgan fingerprint density at radius 1 is 0.533 bits per heavy atom. The molecular weight excluding hydrogens is 408 g/mol. The molecule has 4 atom stereocenters. The van der Waals surface area contributed by atoms with E-state index in [4.69, 9.17) is 0 Å². The van der Waals surface area contributed by atoms with Gasteiger partial charge in [0, 0.05) is 21.6 Å². The van der Waals surface area contributed by atoms with Crippen LogP contribution in [0.25, 0.3) is 0 Å². The molecule has 0 saturated heterocycles. The molecule has 0 fully saturated rings. The molecule has 0 aliphatic carbocycles. The van der Waals surface area contributed by atoms with Gasteiger partial charge in [-0.25, -0.2) is 0 Å². The first-order chi connectivity index (χ1) is 14.7. The lowest BCUT2D eigenvalue weighted by Crippen LogP contribution is -2.16. The van der Waals surface area contributed by atoms with Crippen LogP contribution in [-0.4, -0.2) is 10.2 Å². The van der Waals surface area contributed by atoms with Crippen LogP contribution in [0.1, 0.15) is 57.8 Å². The predicted octanol–water partition coefficient (Wildman–Crippen LogP) is 6.92. The average Bonchev–Trinajstić information content (AvgIpc) is 3.51. The Morgan fingerprint density at radius 3 is 1.27 bits per heavy atom. The first kappa shape index (κ1) is 21.0. The number of benzene rings is 2. The number of rotatable bonds is 9. The number of hydrogen-bond donors (Lipinski definition) is 2. The highest BCUT2D eigenvalue weighted by atomic mass is 32.1. The van der Waals surface area contributed by atoms with Crippen molar-refractivity contribution in [2.45, 2.75) is 36.9 Å². The van der Waals surface area contributed by atoms with E-state index in [2.05, 4.69) is 35.0 Å². The van der Waals surface area contributed by atoms with Gasteiger partial charge in [-0.15, -0.1) is 22.7 Å². The minimum Gasteiger partial charge on any atom is -0.388 e. The lowest BCUT2D eigenvalue weighted by Gasteiger charge is -2.30. The highest BCUT2D eigenvalue weighted by Crippen LogP contribution is 2.46. The van der Waals surface area contributed by atoms with Crippen molar-refractivity contribution in [3.05, 3.63) is 117 Å². The second-order valence-electron chi connectivity index (χ2n) is 7.57. The summed E-state index contributed by atoms with van der Waals surface area (Å²) >= 11 is 3.46. The molecule has 154 valence electrons. The van der Waals surface area contributed by atoms with Gasteiger partial charge in [-0.3, -0.25) is 0 Å². The Hall–Kier alpha value is -2.24. The number of hydrogen-bond acceptors (Lipinski definition) is 4. The fourth-order valence-electron chi connectivity index (χ4n) is 4.07. The lowest BCUT2D eigenvalue weighted by molar-refractivity contribution is 0.130. The molecule has 0 bridgehead atoms. The monoisotopic (exact) mass is 434 g/mol. The van der Waals surface area contributed by atoms with Crippen LogP contribution in [0.3, 0.4) is 0 Å². The first-order valence-electron chi connectivity index (χ1n) is 10.2. The third-order valence-electron chi connectivity index (χ3n) is 5.63. The van der Waals surface area contributed by atoms with Crippen LogP contribution < -0.4 is 0 Å². The van der Waals surface area contributed by atoms with E-state index in [0.717, 1.165) is 11.1 Å². The Morgan fingerprint density at radius 2 is 0.933 bits per heavy atom. The zero-order valence-electron chi connectivity index (χ0n) is 16.7.